The van der Waals surface area contributed by atoms with Crippen LogP contribution in [0.4, 0.5) is 0 Å². The molecule has 3 atom stereocenters. The fraction of sp³-hybridized carbons (Fsp3) is 0.700. The first kappa shape index (κ1) is 20.1. The zero-order chi connectivity index (χ0) is 16.9. The standard InChI is InChI=1S/C20H34O3/c1-4-5-6-10-13-19(15-18-11-8-7-9-12-18)20(14-17(2)21)23-16-22-3/h7-9,11-12,17,19-21H,4-6,10,13-16H2,1-3H3/t17-,19+,20+/m1/s1. The summed E-state index contributed by atoms with van der Waals surface area (Å²) in [5.74, 6) is 0.416. The lowest BCUT2D eigenvalue weighted by molar-refractivity contribution is -0.104. The Labute approximate surface area is 142 Å². The van der Waals surface area contributed by atoms with E-state index in [4.69, 9.17) is 9.47 Å². The third kappa shape index (κ3) is 9.09. The normalized spacial score (nSPS) is 15.3. The number of aliphatic hydroxyl groups excluding tert-OH is 1. The summed E-state index contributed by atoms with van der Waals surface area (Å²) in [6.45, 7) is 4.36. The van der Waals surface area contributed by atoms with Crippen molar-refractivity contribution >= 4 is 0 Å². The summed E-state index contributed by atoms with van der Waals surface area (Å²) in [6.07, 6.45) is 7.51. The molecule has 1 N–H and O–H groups in total. The van der Waals surface area contributed by atoms with Crippen molar-refractivity contribution in [2.75, 3.05) is 13.9 Å². The number of unbranched alkanes of at least 4 members (excludes halogenated alkanes) is 3. The van der Waals surface area contributed by atoms with E-state index in [1.807, 2.05) is 6.92 Å². The zero-order valence-electron chi connectivity index (χ0n) is 15.0. The maximum Gasteiger partial charge on any atom is 0.146 e. The molecular formula is C20H34O3. The van der Waals surface area contributed by atoms with Crippen LogP contribution in [0.3, 0.4) is 0 Å². The van der Waals surface area contributed by atoms with Gasteiger partial charge in [0.25, 0.3) is 0 Å². The number of hydrogen-bond acceptors (Lipinski definition) is 3. The van der Waals surface area contributed by atoms with Crippen molar-refractivity contribution in [1.82, 2.24) is 0 Å². The molecule has 0 amide bonds. The van der Waals surface area contributed by atoms with Crippen LogP contribution in [0.2, 0.25) is 0 Å². The van der Waals surface area contributed by atoms with E-state index in [9.17, 15) is 5.11 Å². The SMILES string of the molecule is CCCCCC[C@@H](Cc1ccccc1)[C@H](C[C@@H](C)O)OCOC. The monoisotopic (exact) mass is 322 g/mol. The molecule has 0 aliphatic heterocycles. The van der Waals surface area contributed by atoms with Gasteiger partial charge in [-0.15, -0.1) is 0 Å². The predicted octanol–water partition coefficient (Wildman–Crippen LogP) is 4.58. The highest BCUT2D eigenvalue weighted by Crippen LogP contribution is 2.25. The van der Waals surface area contributed by atoms with Crippen molar-refractivity contribution in [2.24, 2.45) is 5.92 Å². The molecule has 0 fully saturated rings. The summed E-state index contributed by atoms with van der Waals surface area (Å²) < 4.78 is 11.0. The quantitative estimate of drug-likeness (QED) is 0.427. The molecule has 1 aromatic carbocycles. The van der Waals surface area contributed by atoms with Crippen molar-refractivity contribution in [3.05, 3.63) is 35.9 Å². The van der Waals surface area contributed by atoms with E-state index in [1.54, 1.807) is 7.11 Å². The molecule has 3 heteroatoms. The third-order valence-corrected chi connectivity index (χ3v) is 4.27. The van der Waals surface area contributed by atoms with E-state index < -0.39 is 0 Å². The molecule has 0 bridgehead atoms. The van der Waals surface area contributed by atoms with Crippen LogP contribution in [-0.4, -0.2) is 31.2 Å². The van der Waals surface area contributed by atoms with Gasteiger partial charge < -0.3 is 14.6 Å². The smallest absolute Gasteiger partial charge is 0.146 e. The van der Waals surface area contributed by atoms with Crippen molar-refractivity contribution in [3.63, 3.8) is 0 Å². The third-order valence-electron chi connectivity index (χ3n) is 4.27. The van der Waals surface area contributed by atoms with E-state index in [1.165, 1.54) is 31.2 Å². The second kappa shape index (κ2) is 12.5. The fourth-order valence-electron chi connectivity index (χ4n) is 3.06. The number of benzene rings is 1. The van der Waals surface area contributed by atoms with Crippen LogP contribution in [-0.2, 0) is 15.9 Å². The molecule has 132 valence electrons. The van der Waals surface area contributed by atoms with Crippen LogP contribution in [0, 0.1) is 5.92 Å². The Morgan fingerprint density at radius 3 is 2.43 bits per heavy atom. The summed E-state index contributed by atoms with van der Waals surface area (Å²) in [4.78, 5) is 0. The Hall–Kier alpha value is -0.900. The second-order valence-electron chi connectivity index (χ2n) is 6.50. The van der Waals surface area contributed by atoms with Crippen LogP contribution < -0.4 is 0 Å². The first-order chi connectivity index (χ1) is 11.2. The van der Waals surface area contributed by atoms with Gasteiger partial charge in [-0.3, -0.25) is 0 Å². The van der Waals surface area contributed by atoms with E-state index >= 15 is 0 Å². The van der Waals surface area contributed by atoms with Crippen LogP contribution in [0.25, 0.3) is 0 Å². The van der Waals surface area contributed by atoms with Crippen LogP contribution >= 0.6 is 0 Å². The molecule has 0 aliphatic rings. The topological polar surface area (TPSA) is 38.7 Å². The van der Waals surface area contributed by atoms with Gasteiger partial charge in [-0.2, -0.15) is 0 Å². The van der Waals surface area contributed by atoms with Crippen LogP contribution in [0.15, 0.2) is 30.3 Å². The van der Waals surface area contributed by atoms with Crippen LogP contribution in [0.1, 0.15) is 57.9 Å². The number of hydrogen-bond donors (Lipinski definition) is 1. The largest absolute Gasteiger partial charge is 0.393 e. The van der Waals surface area contributed by atoms with Crippen molar-refractivity contribution < 1.29 is 14.6 Å². The summed E-state index contributed by atoms with van der Waals surface area (Å²) in [5.41, 5.74) is 1.34. The van der Waals surface area contributed by atoms with Gasteiger partial charge in [0.2, 0.25) is 0 Å². The Balaban J connectivity index is 2.71. The predicted molar refractivity (Wildman–Crippen MR) is 95.4 cm³/mol. The average Bonchev–Trinajstić information content (AvgIpc) is 2.55. The zero-order valence-corrected chi connectivity index (χ0v) is 15.0. The highest BCUT2D eigenvalue weighted by molar-refractivity contribution is 5.15. The van der Waals surface area contributed by atoms with Gasteiger partial charge in [0.1, 0.15) is 6.79 Å². The van der Waals surface area contributed by atoms with Gasteiger partial charge in [0.15, 0.2) is 0 Å². The summed E-state index contributed by atoms with van der Waals surface area (Å²) in [6, 6.07) is 10.6. The summed E-state index contributed by atoms with van der Waals surface area (Å²) in [7, 11) is 1.65. The van der Waals surface area contributed by atoms with Crippen molar-refractivity contribution in [1.29, 1.82) is 0 Å². The maximum atomic E-state index is 9.83. The van der Waals surface area contributed by atoms with Gasteiger partial charge in [0, 0.05) is 7.11 Å². The van der Waals surface area contributed by atoms with E-state index in [-0.39, 0.29) is 19.0 Å². The molecule has 0 spiro atoms. The molecule has 0 unspecified atom stereocenters. The van der Waals surface area contributed by atoms with Gasteiger partial charge in [-0.25, -0.2) is 0 Å². The van der Waals surface area contributed by atoms with Gasteiger partial charge >= 0.3 is 0 Å². The molecule has 1 rings (SSSR count). The highest BCUT2D eigenvalue weighted by atomic mass is 16.7. The molecule has 23 heavy (non-hydrogen) atoms. The Morgan fingerprint density at radius 1 is 1.09 bits per heavy atom. The molecule has 0 heterocycles. The lowest BCUT2D eigenvalue weighted by Crippen LogP contribution is -2.30. The minimum absolute atomic E-state index is 0.0387. The maximum absolute atomic E-state index is 9.83. The number of aliphatic hydroxyl groups is 1. The first-order valence-electron chi connectivity index (χ1n) is 8.99. The molecule has 0 saturated carbocycles. The minimum Gasteiger partial charge on any atom is -0.393 e. The van der Waals surface area contributed by atoms with Gasteiger partial charge in [-0.05, 0) is 37.7 Å². The van der Waals surface area contributed by atoms with Crippen molar-refractivity contribution in [2.45, 2.75) is 71.0 Å². The number of ether oxygens (including phenoxy) is 2. The second-order valence-corrected chi connectivity index (χ2v) is 6.50. The van der Waals surface area contributed by atoms with Crippen molar-refractivity contribution in [3.8, 4) is 0 Å². The molecule has 0 aliphatic carbocycles. The van der Waals surface area contributed by atoms with Gasteiger partial charge in [-0.1, -0.05) is 62.9 Å². The first-order valence-corrected chi connectivity index (χ1v) is 8.99. The lowest BCUT2D eigenvalue weighted by Gasteiger charge is -2.28. The average molecular weight is 322 g/mol. The number of rotatable bonds is 13. The Kier molecular flexibility index (Phi) is 11.0. The molecule has 1 aromatic rings. The summed E-state index contributed by atoms with van der Waals surface area (Å²) in [5, 5.41) is 9.83. The molecule has 3 nitrogen and oxygen atoms in total. The van der Waals surface area contributed by atoms with Crippen LogP contribution in [0.5, 0.6) is 0 Å². The molecular weight excluding hydrogens is 288 g/mol. The van der Waals surface area contributed by atoms with E-state index in [0.29, 0.717) is 12.3 Å². The summed E-state index contributed by atoms with van der Waals surface area (Å²) >= 11 is 0. The molecule has 0 radical (unpaired) electrons. The Bertz CT molecular complexity index is 378. The van der Waals surface area contributed by atoms with Gasteiger partial charge in [0.05, 0.1) is 12.2 Å². The van der Waals surface area contributed by atoms with E-state index in [0.717, 1.165) is 12.8 Å². The fourth-order valence-corrected chi connectivity index (χ4v) is 3.06. The molecule has 0 saturated heterocycles. The number of methoxy groups -OCH3 is 1. The lowest BCUT2D eigenvalue weighted by atomic mass is 9.86. The Morgan fingerprint density at radius 2 is 1.83 bits per heavy atom. The molecule has 0 aromatic heterocycles. The minimum atomic E-state index is -0.356. The van der Waals surface area contributed by atoms with E-state index in [2.05, 4.69) is 37.3 Å². The highest BCUT2D eigenvalue weighted by Gasteiger charge is 2.24.